The van der Waals surface area contributed by atoms with Gasteiger partial charge in [-0.25, -0.2) is 29.9 Å². The number of nitrogens with zero attached hydrogens (tertiary/aromatic N) is 9. The summed E-state index contributed by atoms with van der Waals surface area (Å²) < 4.78 is 26.8. The van der Waals surface area contributed by atoms with Crippen LogP contribution in [-0.2, 0) is 0 Å². The van der Waals surface area contributed by atoms with Crippen molar-refractivity contribution in [2.45, 2.75) is 0 Å². The van der Waals surface area contributed by atoms with Crippen molar-refractivity contribution in [2.24, 2.45) is 0 Å². The molecule has 11 aromatic heterocycles. The Kier molecular flexibility index (Phi) is 21.2. The molecule has 0 aliphatic heterocycles. The van der Waals surface area contributed by atoms with E-state index in [4.69, 9.17) is 53.2 Å². The molecule has 0 fully saturated rings. The van der Waals surface area contributed by atoms with Gasteiger partial charge in [-0.15, -0.1) is 44.2 Å². The van der Waals surface area contributed by atoms with Gasteiger partial charge in [-0.3, -0.25) is 4.98 Å². The molecule has 0 saturated heterocycles. The second kappa shape index (κ2) is 36.0. The number of aromatic nitrogens is 9. The lowest BCUT2D eigenvalue weighted by molar-refractivity contribution is 0.669. The van der Waals surface area contributed by atoms with Crippen LogP contribution in [0.15, 0.2) is 480 Å². The van der Waals surface area contributed by atoms with Crippen LogP contribution in [0.2, 0.25) is 0 Å². The van der Waals surface area contributed by atoms with Gasteiger partial charge in [0.15, 0.2) is 17.5 Å². The standard InChI is InChI=1S/C46H28N2OS.C44H26N4OS.C39H23N3OS/c1-4-13-29(14-5-1)31-23-25-33(26-24-31)42-45-43(35-19-10-11-22-40(35)50-45)48-46(47-42)36-20-12-21-39-41(36)38-28-34(30-15-6-2-7-16-30)27-37(44(38)49-39)32-17-8-3-9-18-32;1-4-13-27(14-5-1)30-25-33(28-15-6-2-7-16-28)42-34(26-30)39-32(20-12-21-37(39)49-42)44-45-40-31-19-10-11-22-38(31)50-43(40)41(46-44)36-24-23-35(47-48-36)29-17-8-3-9-18-29;1-3-12-24(13-4-1)26-22-29(25-14-5-2-6-15-25)37-30(23-26)34-28(17-11-19-32(34)43-37)39-41-35-27-16-7-8-20-33(27)44-38(35)36(42-39)31-18-9-10-21-40-31/h1-28H;1-26H;1-23H. The van der Waals surface area contributed by atoms with Crippen LogP contribution in [0, 0.1) is 0 Å². The molecule has 29 rings (SSSR count). The lowest BCUT2D eigenvalue weighted by atomic mass is 9.95. The minimum absolute atomic E-state index is 0.615. The zero-order chi connectivity index (χ0) is 95.1. The zero-order valence-corrected chi connectivity index (χ0v) is 79.4. The molecule has 0 aliphatic carbocycles. The summed E-state index contributed by atoms with van der Waals surface area (Å²) in [7, 11) is 0. The van der Waals surface area contributed by atoms with Gasteiger partial charge in [-0.05, 0) is 158 Å². The van der Waals surface area contributed by atoms with Gasteiger partial charge in [0.25, 0.3) is 0 Å². The molecule has 0 unspecified atom stereocenters. The number of rotatable bonds is 14. The molecular weight excluding hydrogens is 1820 g/mol. The van der Waals surface area contributed by atoms with E-state index < -0.39 is 0 Å². The third kappa shape index (κ3) is 15.3. The molecule has 0 bridgehead atoms. The van der Waals surface area contributed by atoms with Gasteiger partial charge in [0.05, 0.1) is 47.7 Å². The van der Waals surface area contributed by atoms with E-state index in [1.807, 2.05) is 134 Å². The Morgan fingerprint density at radius 3 is 0.826 bits per heavy atom. The topological polar surface area (TPSA) is 155 Å². The van der Waals surface area contributed by atoms with Gasteiger partial charge in [-0.1, -0.05) is 364 Å². The van der Waals surface area contributed by atoms with Crippen LogP contribution in [-0.4, -0.2) is 45.1 Å². The molecule has 0 N–H and O–H groups in total. The summed E-state index contributed by atoms with van der Waals surface area (Å²) in [6, 6.07) is 160. The fourth-order valence-electron chi connectivity index (χ4n) is 20.1. The van der Waals surface area contributed by atoms with Gasteiger partial charge in [0, 0.05) is 113 Å². The first kappa shape index (κ1) is 84.7. The molecule has 0 amide bonds. The van der Waals surface area contributed by atoms with Crippen LogP contribution in [0.4, 0.5) is 0 Å². The van der Waals surface area contributed by atoms with Crippen molar-refractivity contribution in [3.63, 3.8) is 0 Å². The molecule has 674 valence electrons. The number of hydrogen-bond donors (Lipinski definition) is 0. The van der Waals surface area contributed by atoms with Gasteiger partial charge in [0.2, 0.25) is 0 Å². The van der Waals surface area contributed by atoms with E-state index in [-0.39, 0.29) is 0 Å². The first-order chi connectivity index (χ1) is 71.4. The van der Waals surface area contributed by atoms with Gasteiger partial charge < -0.3 is 13.3 Å². The first-order valence-corrected chi connectivity index (χ1v) is 50.2. The summed E-state index contributed by atoms with van der Waals surface area (Å²) in [6.45, 7) is 0. The monoisotopic (exact) mass is 1900 g/mol. The van der Waals surface area contributed by atoms with Crippen LogP contribution in [0.1, 0.15) is 0 Å². The smallest absolute Gasteiger partial charge is 0.161 e. The summed E-state index contributed by atoms with van der Waals surface area (Å²) in [5.74, 6) is 1.95. The molecule has 11 heterocycles. The van der Waals surface area contributed by atoms with Crippen LogP contribution in [0.5, 0.6) is 0 Å². The Hall–Kier alpha value is -18.5. The van der Waals surface area contributed by atoms with Gasteiger partial charge in [0.1, 0.15) is 50.6 Å². The Labute approximate surface area is 837 Å². The molecule has 0 aliphatic rings. The highest BCUT2D eigenvalue weighted by Crippen LogP contribution is 2.51. The third-order valence-corrected chi connectivity index (χ3v) is 30.4. The predicted molar refractivity (Wildman–Crippen MR) is 596 cm³/mol. The van der Waals surface area contributed by atoms with Crippen molar-refractivity contribution in [3.8, 4) is 157 Å². The molecule has 144 heavy (non-hydrogen) atoms. The van der Waals surface area contributed by atoms with Crippen LogP contribution in [0.25, 0.3) is 284 Å². The summed E-state index contributed by atoms with van der Waals surface area (Å²) in [5, 5.41) is 18.8. The van der Waals surface area contributed by atoms with Crippen molar-refractivity contribution >= 4 is 161 Å². The Balaban J connectivity index is 0.000000108. The maximum atomic E-state index is 6.75. The lowest BCUT2D eigenvalue weighted by Gasteiger charge is -2.10. The van der Waals surface area contributed by atoms with E-state index in [0.29, 0.717) is 23.2 Å². The minimum atomic E-state index is 0.615. The number of thiophene rings is 3. The fourth-order valence-corrected chi connectivity index (χ4v) is 23.5. The molecule has 0 saturated carbocycles. The zero-order valence-electron chi connectivity index (χ0n) is 76.9. The van der Waals surface area contributed by atoms with Crippen LogP contribution in [0.3, 0.4) is 0 Å². The molecule has 29 aromatic rings. The highest BCUT2D eigenvalue weighted by Gasteiger charge is 2.29. The molecule has 12 nitrogen and oxygen atoms in total. The number of benzene rings is 18. The van der Waals surface area contributed by atoms with Crippen molar-refractivity contribution in [3.05, 3.63) is 467 Å². The second-order valence-electron chi connectivity index (χ2n) is 35.6. The molecule has 0 atom stereocenters. The number of furan rings is 3. The lowest BCUT2D eigenvalue weighted by Crippen LogP contribution is -1.97. The Bertz CT molecular complexity index is 9590. The average molecular weight is 1900 g/mol. The summed E-state index contributed by atoms with van der Waals surface area (Å²) in [6.07, 6.45) is 1.82. The normalized spacial score (nSPS) is 11.6. The maximum Gasteiger partial charge on any atom is 0.161 e. The third-order valence-electron chi connectivity index (χ3n) is 26.9. The largest absolute Gasteiger partial charge is 0.455 e. The predicted octanol–water partition coefficient (Wildman–Crippen LogP) is 35.8. The fraction of sp³-hybridized carbons (Fsp3) is 0. The van der Waals surface area contributed by atoms with Crippen molar-refractivity contribution in [2.75, 3.05) is 0 Å². The molecule has 0 radical (unpaired) electrons. The number of fused-ring (bicyclic) bond motifs is 18. The number of pyridine rings is 1. The Morgan fingerprint density at radius 1 is 0.181 bits per heavy atom. The van der Waals surface area contributed by atoms with E-state index in [2.05, 4.69) is 339 Å². The van der Waals surface area contributed by atoms with Gasteiger partial charge in [-0.2, -0.15) is 0 Å². The highest BCUT2D eigenvalue weighted by atomic mass is 32.1. The SMILES string of the molecule is c1ccc(-c2cc(-c3ccccc3)c3oc4cccc(-c5nc(-c6ccc(-c7ccccc7)nn6)c6sc7ccccc7c6n5)c4c3c2)cc1.c1ccc(-c2cc(-c3ccccc3)c3oc4cccc(-c5nc(-c6ccccn6)c6sc7ccccc7c6n5)c4c3c2)cc1.c1ccc(-c2ccc(-c3nc(-c4cccc5oc6c(-c7ccccc7)cc(-c7ccccc7)cc6c45)nc4c3sc3ccccc34)cc2)cc1. The summed E-state index contributed by atoms with van der Waals surface area (Å²) >= 11 is 5.14. The van der Waals surface area contributed by atoms with Crippen molar-refractivity contribution < 1.29 is 13.3 Å². The summed E-state index contributed by atoms with van der Waals surface area (Å²) in [5.41, 5.74) is 33.2. The van der Waals surface area contributed by atoms with E-state index in [1.165, 1.54) is 20.5 Å². The van der Waals surface area contributed by atoms with E-state index in [0.717, 1.165) is 240 Å². The molecule has 18 aromatic carbocycles. The Morgan fingerprint density at radius 2 is 0.472 bits per heavy atom. The molecule has 15 heteroatoms. The van der Waals surface area contributed by atoms with E-state index in [9.17, 15) is 0 Å². The van der Waals surface area contributed by atoms with Gasteiger partial charge >= 0.3 is 0 Å². The highest BCUT2D eigenvalue weighted by molar-refractivity contribution is 7.27. The van der Waals surface area contributed by atoms with E-state index >= 15 is 0 Å². The van der Waals surface area contributed by atoms with Crippen LogP contribution < -0.4 is 0 Å². The quantitative estimate of drug-likeness (QED) is 0.102. The first-order valence-electron chi connectivity index (χ1n) is 47.7. The number of hydrogen-bond acceptors (Lipinski definition) is 15. The molecule has 0 spiro atoms. The van der Waals surface area contributed by atoms with Crippen molar-refractivity contribution in [1.29, 1.82) is 0 Å². The second-order valence-corrected chi connectivity index (χ2v) is 38.7. The minimum Gasteiger partial charge on any atom is -0.455 e. The molecular formula is C129H77N9O3S3. The van der Waals surface area contributed by atoms with E-state index in [1.54, 1.807) is 34.0 Å². The van der Waals surface area contributed by atoms with Crippen LogP contribution >= 0.6 is 34.0 Å². The van der Waals surface area contributed by atoms with Crippen molar-refractivity contribution in [1.82, 2.24) is 45.1 Å². The maximum absolute atomic E-state index is 6.75. The summed E-state index contributed by atoms with van der Waals surface area (Å²) in [4.78, 5) is 36.5. The average Bonchev–Trinajstić information content (AvgIpc) is 1.57.